The van der Waals surface area contributed by atoms with Crippen LogP contribution < -0.4 is 4.74 Å². The Morgan fingerprint density at radius 1 is 1.17 bits per heavy atom. The number of benzene rings is 2. The van der Waals surface area contributed by atoms with Crippen LogP contribution in [0.1, 0.15) is 36.5 Å². The minimum atomic E-state index is -0.496. The van der Waals surface area contributed by atoms with E-state index in [1.54, 1.807) is 11.8 Å². The van der Waals surface area contributed by atoms with Gasteiger partial charge in [-0.1, -0.05) is 42.5 Å². The van der Waals surface area contributed by atoms with Gasteiger partial charge in [0.15, 0.2) is 0 Å². The van der Waals surface area contributed by atoms with Gasteiger partial charge in [0.05, 0.1) is 25.9 Å². The molecule has 2 aromatic carbocycles. The summed E-state index contributed by atoms with van der Waals surface area (Å²) in [7, 11) is 0. The molecule has 1 amide bonds. The zero-order valence-corrected chi connectivity index (χ0v) is 17.3. The lowest BCUT2D eigenvalue weighted by Gasteiger charge is -2.23. The maximum atomic E-state index is 12.1. The lowest BCUT2D eigenvalue weighted by atomic mass is 10.0. The maximum absolute atomic E-state index is 12.1. The van der Waals surface area contributed by atoms with Crippen molar-refractivity contribution in [1.82, 2.24) is 4.90 Å². The van der Waals surface area contributed by atoms with E-state index in [-0.39, 0.29) is 12.1 Å². The Kier molecular flexibility index (Phi) is 7.53. The molecule has 156 valence electrons. The number of nitrogens with zero attached hydrogens (tertiary/aromatic N) is 1. The van der Waals surface area contributed by atoms with Gasteiger partial charge in [0.25, 0.3) is 0 Å². The lowest BCUT2D eigenvalue weighted by Crippen LogP contribution is -2.37. The Balaban J connectivity index is 1.58. The zero-order chi connectivity index (χ0) is 20.6. The van der Waals surface area contributed by atoms with Crippen LogP contribution in [-0.4, -0.2) is 48.0 Å². The predicted octanol–water partition coefficient (Wildman–Crippen LogP) is 4.14. The molecule has 0 saturated carbocycles. The molecule has 0 unspecified atom stereocenters. The van der Waals surface area contributed by atoms with Gasteiger partial charge < -0.3 is 19.5 Å². The third-order valence-corrected chi connectivity index (χ3v) is 5.35. The largest absolute Gasteiger partial charge is 0.493 e. The van der Waals surface area contributed by atoms with Gasteiger partial charge in [-0.3, -0.25) is 0 Å². The topological polar surface area (TPSA) is 59.0 Å². The Morgan fingerprint density at radius 2 is 1.97 bits per heavy atom. The first-order valence-corrected chi connectivity index (χ1v) is 10.4. The number of likely N-dealkylation sites (tertiary alicyclic amines) is 1. The molecule has 1 aliphatic rings. The number of aryl methyl sites for hydroxylation is 3. The van der Waals surface area contributed by atoms with Gasteiger partial charge in [0.2, 0.25) is 0 Å². The van der Waals surface area contributed by atoms with Crippen molar-refractivity contribution < 1.29 is 19.4 Å². The standard InChI is InChI=1S/C24H31NO4/c1-3-28-24(27)25-17-22(26)16-21(25)13-14-29-23-15-18(2)9-11-20(23)12-10-19-7-5-4-6-8-19/h4-9,11,15,21-22,26H,3,10,12-14,16-17H2,1-2H3/t21-,22-/m1/s1. The van der Waals surface area contributed by atoms with Crippen LogP contribution in [0, 0.1) is 6.92 Å². The summed E-state index contributed by atoms with van der Waals surface area (Å²) in [5.74, 6) is 0.905. The SMILES string of the molecule is CCOC(=O)N1C[C@H](O)C[C@H]1CCOc1cc(C)ccc1CCc1ccccc1. The van der Waals surface area contributed by atoms with Gasteiger partial charge in [-0.2, -0.15) is 0 Å². The second-order valence-electron chi connectivity index (χ2n) is 7.63. The first kappa shape index (κ1) is 21.2. The van der Waals surface area contributed by atoms with E-state index in [0.29, 0.717) is 32.6 Å². The molecule has 1 heterocycles. The second kappa shape index (κ2) is 10.3. The Hall–Kier alpha value is -2.53. The molecule has 2 atom stereocenters. The molecule has 0 aromatic heterocycles. The summed E-state index contributed by atoms with van der Waals surface area (Å²) in [5.41, 5.74) is 3.66. The summed E-state index contributed by atoms with van der Waals surface area (Å²) < 4.78 is 11.2. The number of carbonyl (C=O) groups is 1. The Labute approximate surface area is 173 Å². The van der Waals surface area contributed by atoms with E-state index in [1.807, 2.05) is 6.07 Å². The van der Waals surface area contributed by atoms with E-state index in [1.165, 1.54) is 11.1 Å². The molecule has 1 aliphatic heterocycles. The fraction of sp³-hybridized carbons (Fsp3) is 0.458. The van der Waals surface area contributed by atoms with Crippen LogP contribution in [-0.2, 0) is 17.6 Å². The number of amides is 1. The molecule has 0 spiro atoms. The van der Waals surface area contributed by atoms with Crippen molar-refractivity contribution in [3.8, 4) is 5.75 Å². The van der Waals surface area contributed by atoms with Crippen LogP contribution in [0.25, 0.3) is 0 Å². The highest BCUT2D eigenvalue weighted by molar-refractivity contribution is 5.68. The van der Waals surface area contributed by atoms with Crippen LogP contribution in [0.5, 0.6) is 5.75 Å². The molecular weight excluding hydrogens is 366 g/mol. The molecule has 0 aliphatic carbocycles. The van der Waals surface area contributed by atoms with Crippen molar-refractivity contribution in [3.05, 3.63) is 65.2 Å². The summed E-state index contributed by atoms with van der Waals surface area (Å²) >= 11 is 0. The first-order chi connectivity index (χ1) is 14.1. The number of hydrogen-bond donors (Lipinski definition) is 1. The molecule has 1 fully saturated rings. The third kappa shape index (κ3) is 5.97. The number of aliphatic hydroxyl groups excluding tert-OH is 1. The zero-order valence-electron chi connectivity index (χ0n) is 17.3. The first-order valence-electron chi connectivity index (χ1n) is 10.4. The number of hydrogen-bond acceptors (Lipinski definition) is 4. The average molecular weight is 398 g/mol. The van der Waals surface area contributed by atoms with Gasteiger partial charge >= 0.3 is 6.09 Å². The second-order valence-corrected chi connectivity index (χ2v) is 7.63. The number of ether oxygens (including phenoxy) is 2. The van der Waals surface area contributed by atoms with Crippen LogP contribution in [0.15, 0.2) is 48.5 Å². The third-order valence-electron chi connectivity index (χ3n) is 5.35. The smallest absolute Gasteiger partial charge is 0.410 e. The average Bonchev–Trinajstić information content (AvgIpc) is 3.09. The normalized spacial score (nSPS) is 18.7. The van der Waals surface area contributed by atoms with E-state index in [9.17, 15) is 9.90 Å². The molecule has 2 aromatic rings. The molecule has 3 rings (SSSR count). The Morgan fingerprint density at radius 3 is 2.72 bits per heavy atom. The summed E-state index contributed by atoms with van der Waals surface area (Å²) in [6.07, 6.45) is 2.26. The highest BCUT2D eigenvalue weighted by atomic mass is 16.6. The Bertz CT molecular complexity index is 793. The van der Waals surface area contributed by atoms with Crippen molar-refractivity contribution >= 4 is 6.09 Å². The van der Waals surface area contributed by atoms with E-state index in [0.717, 1.165) is 24.2 Å². The molecule has 0 radical (unpaired) electrons. The molecule has 5 heteroatoms. The fourth-order valence-corrected chi connectivity index (χ4v) is 3.83. The van der Waals surface area contributed by atoms with Crippen LogP contribution >= 0.6 is 0 Å². The van der Waals surface area contributed by atoms with E-state index in [2.05, 4.69) is 49.4 Å². The number of aliphatic hydroxyl groups is 1. The van der Waals surface area contributed by atoms with Crippen molar-refractivity contribution in [1.29, 1.82) is 0 Å². The fourth-order valence-electron chi connectivity index (χ4n) is 3.83. The van der Waals surface area contributed by atoms with Crippen molar-refractivity contribution in [2.75, 3.05) is 19.8 Å². The van der Waals surface area contributed by atoms with Crippen LogP contribution in [0.2, 0.25) is 0 Å². The maximum Gasteiger partial charge on any atom is 0.410 e. The van der Waals surface area contributed by atoms with Gasteiger partial charge in [0.1, 0.15) is 5.75 Å². The quantitative estimate of drug-likeness (QED) is 0.727. The summed E-state index contributed by atoms with van der Waals surface area (Å²) in [6.45, 7) is 5.01. The molecule has 5 nitrogen and oxygen atoms in total. The number of carbonyl (C=O) groups excluding carboxylic acids is 1. The molecule has 1 saturated heterocycles. The number of β-amino-alcohol motifs (C(OH)–C–C–N with tert-alkyl or cyclic N) is 1. The lowest BCUT2D eigenvalue weighted by molar-refractivity contribution is 0.0941. The highest BCUT2D eigenvalue weighted by Crippen LogP contribution is 2.25. The molecular formula is C24H31NO4. The van der Waals surface area contributed by atoms with Crippen molar-refractivity contribution in [2.45, 2.75) is 51.7 Å². The van der Waals surface area contributed by atoms with Gasteiger partial charge in [0, 0.05) is 12.5 Å². The van der Waals surface area contributed by atoms with Crippen LogP contribution in [0.4, 0.5) is 4.79 Å². The minimum absolute atomic E-state index is 0.0540. The molecule has 29 heavy (non-hydrogen) atoms. The summed E-state index contributed by atoms with van der Waals surface area (Å²) in [6, 6.07) is 16.7. The highest BCUT2D eigenvalue weighted by Gasteiger charge is 2.35. The number of rotatable bonds is 8. The van der Waals surface area contributed by atoms with Crippen molar-refractivity contribution in [3.63, 3.8) is 0 Å². The van der Waals surface area contributed by atoms with Gasteiger partial charge in [-0.15, -0.1) is 0 Å². The minimum Gasteiger partial charge on any atom is -0.493 e. The van der Waals surface area contributed by atoms with Crippen molar-refractivity contribution in [2.24, 2.45) is 0 Å². The predicted molar refractivity (Wildman–Crippen MR) is 113 cm³/mol. The monoisotopic (exact) mass is 397 g/mol. The van der Waals surface area contributed by atoms with Gasteiger partial charge in [-0.05, 0) is 55.9 Å². The molecule has 1 N–H and O–H groups in total. The molecule has 0 bridgehead atoms. The van der Waals surface area contributed by atoms with Crippen LogP contribution in [0.3, 0.4) is 0 Å². The van der Waals surface area contributed by atoms with E-state index < -0.39 is 6.10 Å². The van der Waals surface area contributed by atoms with Gasteiger partial charge in [-0.25, -0.2) is 4.79 Å². The summed E-state index contributed by atoms with van der Waals surface area (Å²) in [4.78, 5) is 13.7. The van der Waals surface area contributed by atoms with E-state index in [4.69, 9.17) is 9.47 Å². The van der Waals surface area contributed by atoms with E-state index >= 15 is 0 Å². The summed E-state index contributed by atoms with van der Waals surface area (Å²) in [5, 5.41) is 9.97.